The van der Waals surface area contributed by atoms with Crippen molar-refractivity contribution in [2.45, 2.75) is 37.2 Å². The van der Waals surface area contributed by atoms with Gasteiger partial charge in [0.15, 0.2) is 11.6 Å². The molecule has 1 unspecified atom stereocenters. The summed E-state index contributed by atoms with van der Waals surface area (Å²) in [6.45, 7) is 1.28. The Hall–Kier alpha value is -2.16. The van der Waals surface area contributed by atoms with Crippen LogP contribution in [0.15, 0.2) is 41.3 Å². The summed E-state index contributed by atoms with van der Waals surface area (Å²) in [5, 5.41) is 0.392. The number of aryl methyl sites for hydroxylation is 2. The highest BCUT2D eigenvalue weighted by Gasteiger charge is 2.27. The van der Waals surface area contributed by atoms with Gasteiger partial charge in [-0.1, -0.05) is 11.6 Å². The number of hydrogen-bond acceptors (Lipinski definition) is 5. The molecule has 9 heteroatoms. The second kappa shape index (κ2) is 9.11. The van der Waals surface area contributed by atoms with Crippen molar-refractivity contribution < 1.29 is 27.1 Å². The summed E-state index contributed by atoms with van der Waals surface area (Å²) in [5.74, 6) is -1.49. The van der Waals surface area contributed by atoms with Gasteiger partial charge in [-0.15, -0.1) is 0 Å². The van der Waals surface area contributed by atoms with E-state index in [0.717, 1.165) is 30.4 Å². The van der Waals surface area contributed by atoms with Crippen molar-refractivity contribution in [3.63, 3.8) is 0 Å². The molecule has 1 aliphatic carbocycles. The topological polar surface area (TPSA) is 81.7 Å². The summed E-state index contributed by atoms with van der Waals surface area (Å²) in [6.07, 6.45) is 1.19. The van der Waals surface area contributed by atoms with E-state index in [1.54, 1.807) is 13.0 Å². The summed E-state index contributed by atoms with van der Waals surface area (Å²) in [6, 6.07) is 8.52. The average Bonchev–Trinajstić information content (AvgIpc) is 3.12. The molecule has 0 saturated heterocycles. The molecule has 156 valence electrons. The third-order valence-corrected chi connectivity index (χ3v) is 6.24. The number of rotatable bonds is 8. The van der Waals surface area contributed by atoms with E-state index in [1.807, 2.05) is 0 Å². The lowest BCUT2D eigenvalue weighted by Crippen LogP contribution is -2.41. The summed E-state index contributed by atoms with van der Waals surface area (Å²) in [7, 11) is -3.92. The molecule has 3 rings (SSSR count). The fourth-order valence-corrected chi connectivity index (χ4v) is 4.26. The van der Waals surface area contributed by atoms with Crippen LogP contribution in [0.2, 0.25) is 5.02 Å². The Morgan fingerprint density at radius 2 is 1.86 bits per heavy atom. The summed E-state index contributed by atoms with van der Waals surface area (Å²) < 4.78 is 52.1. The molecule has 0 spiro atoms. The lowest BCUT2D eigenvalue weighted by atomic mass is 10.1. The summed E-state index contributed by atoms with van der Waals surface area (Å²) in [5.41, 5.74) is 1.89. The van der Waals surface area contributed by atoms with Crippen molar-refractivity contribution in [2.24, 2.45) is 0 Å². The van der Waals surface area contributed by atoms with Crippen LogP contribution in [-0.2, 0) is 32.4 Å². The van der Waals surface area contributed by atoms with E-state index in [9.17, 15) is 17.6 Å². The highest BCUT2D eigenvalue weighted by molar-refractivity contribution is 7.89. The molecule has 1 atom stereocenters. The zero-order chi connectivity index (χ0) is 21.0. The van der Waals surface area contributed by atoms with Crippen molar-refractivity contribution in [3.05, 3.63) is 58.4 Å². The average molecular weight is 442 g/mol. The zero-order valence-corrected chi connectivity index (χ0v) is 17.4. The number of fused-ring (bicyclic) bond motifs is 1. The molecular formula is C20H21ClFNO5S. The highest BCUT2D eigenvalue weighted by Crippen LogP contribution is 2.29. The Labute approximate surface area is 174 Å². The first-order chi connectivity index (χ1) is 13.8. The number of sulfonamides is 1. The van der Waals surface area contributed by atoms with Crippen molar-refractivity contribution in [2.75, 3.05) is 13.2 Å². The number of benzene rings is 2. The Balaban J connectivity index is 1.77. The van der Waals surface area contributed by atoms with Gasteiger partial charge in [0.05, 0.1) is 18.0 Å². The molecule has 0 saturated carbocycles. The van der Waals surface area contributed by atoms with E-state index in [0.29, 0.717) is 5.02 Å². The molecular weight excluding hydrogens is 421 g/mol. The molecule has 0 heterocycles. The SMILES string of the molecule is CCOC(=O)C(CNS(=O)(=O)c1ccc(Cl)cc1)Oc1cc2c(cc1F)CCC2. The van der Waals surface area contributed by atoms with Crippen LogP contribution in [-0.4, -0.2) is 33.6 Å². The smallest absolute Gasteiger partial charge is 0.348 e. The van der Waals surface area contributed by atoms with E-state index in [4.69, 9.17) is 21.1 Å². The third-order valence-electron chi connectivity index (χ3n) is 4.55. The second-order valence-electron chi connectivity index (χ2n) is 6.57. The molecule has 0 aromatic heterocycles. The maximum atomic E-state index is 14.4. The second-order valence-corrected chi connectivity index (χ2v) is 8.77. The lowest BCUT2D eigenvalue weighted by molar-refractivity contribution is -0.151. The van der Waals surface area contributed by atoms with Gasteiger partial charge in [0, 0.05) is 5.02 Å². The molecule has 6 nitrogen and oxygen atoms in total. The van der Waals surface area contributed by atoms with E-state index in [-0.39, 0.29) is 17.3 Å². The fourth-order valence-electron chi connectivity index (χ4n) is 3.11. The van der Waals surface area contributed by atoms with Gasteiger partial charge < -0.3 is 9.47 Å². The van der Waals surface area contributed by atoms with Crippen LogP contribution >= 0.6 is 11.6 Å². The third kappa shape index (κ3) is 5.26. The molecule has 0 amide bonds. The monoisotopic (exact) mass is 441 g/mol. The van der Waals surface area contributed by atoms with Gasteiger partial charge in [-0.2, -0.15) is 0 Å². The van der Waals surface area contributed by atoms with Crippen LogP contribution in [0.5, 0.6) is 5.75 Å². The Morgan fingerprint density at radius 3 is 2.52 bits per heavy atom. The van der Waals surface area contributed by atoms with E-state index >= 15 is 0 Å². The van der Waals surface area contributed by atoms with Crippen LogP contribution in [0.1, 0.15) is 24.5 Å². The van der Waals surface area contributed by atoms with Crippen molar-refractivity contribution in [1.29, 1.82) is 0 Å². The van der Waals surface area contributed by atoms with Crippen LogP contribution in [0, 0.1) is 5.82 Å². The van der Waals surface area contributed by atoms with Crippen LogP contribution in [0.25, 0.3) is 0 Å². The predicted molar refractivity (Wildman–Crippen MR) is 106 cm³/mol. The molecule has 2 aromatic rings. The van der Waals surface area contributed by atoms with Crippen LogP contribution < -0.4 is 9.46 Å². The minimum atomic E-state index is -3.92. The van der Waals surface area contributed by atoms with Gasteiger partial charge in [0.2, 0.25) is 16.1 Å². The van der Waals surface area contributed by atoms with Crippen molar-refractivity contribution >= 4 is 27.6 Å². The van der Waals surface area contributed by atoms with Crippen LogP contribution in [0.4, 0.5) is 4.39 Å². The fraction of sp³-hybridized carbons (Fsp3) is 0.350. The quantitative estimate of drug-likeness (QED) is 0.636. The van der Waals surface area contributed by atoms with Gasteiger partial charge in [-0.3, -0.25) is 0 Å². The Kier molecular flexibility index (Phi) is 6.77. The molecule has 1 aliphatic rings. The zero-order valence-electron chi connectivity index (χ0n) is 15.8. The minimum Gasteiger partial charge on any atom is -0.474 e. The number of carbonyl (C=O) groups is 1. The van der Waals surface area contributed by atoms with Crippen molar-refractivity contribution in [3.8, 4) is 5.75 Å². The van der Waals surface area contributed by atoms with Gasteiger partial charge in [-0.25, -0.2) is 22.3 Å². The van der Waals surface area contributed by atoms with Gasteiger partial charge in [-0.05, 0) is 73.7 Å². The molecule has 0 bridgehead atoms. The largest absolute Gasteiger partial charge is 0.474 e. The summed E-state index contributed by atoms with van der Waals surface area (Å²) in [4.78, 5) is 12.2. The molecule has 1 N–H and O–H groups in total. The Bertz CT molecular complexity index is 995. The lowest BCUT2D eigenvalue weighted by Gasteiger charge is -2.19. The maximum Gasteiger partial charge on any atom is 0.348 e. The number of halogens is 2. The molecule has 0 aliphatic heterocycles. The molecule has 2 aromatic carbocycles. The maximum absolute atomic E-state index is 14.4. The van der Waals surface area contributed by atoms with Gasteiger partial charge in [0.25, 0.3) is 0 Å². The van der Waals surface area contributed by atoms with Crippen LogP contribution in [0.3, 0.4) is 0 Å². The number of carbonyl (C=O) groups excluding carboxylic acids is 1. The van der Waals surface area contributed by atoms with Crippen molar-refractivity contribution in [1.82, 2.24) is 4.72 Å². The first kappa shape index (κ1) is 21.5. The Morgan fingerprint density at radius 1 is 1.21 bits per heavy atom. The predicted octanol–water partition coefficient (Wildman–Crippen LogP) is 3.26. The minimum absolute atomic E-state index is 0.0202. The molecule has 0 fully saturated rings. The number of hydrogen-bond donors (Lipinski definition) is 1. The summed E-state index contributed by atoms with van der Waals surface area (Å²) >= 11 is 5.78. The van der Waals surface area contributed by atoms with E-state index < -0.39 is 34.5 Å². The molecule has 29 heavy (non-hydrogen) atoms. The highest BCUT2D eigenvalue weighted by atomic mass is 35.5. The number of nitrogens with one attached hydrogen (secondary N) is 1. The van der Waals surface area contributed by atoms with Gasteiger partial charge in [0.1, 0.15) is 0 Å². The molecule has 0 radical (unpaired) electrons. The number of ether oxygens (including phenoxy) is 2. The standard InChI is InChI=1S/C20H21ClFNO5S/c1-2-27-20(24)19(12-23-29(25,26)16-8-6-15(21)7-9-16)28-18-11-14-5-3-4-13(14)10-17(18)22/h6-11,19,23H,2-5,12H2,1H3. The first-order valence-corrected chi connectivity index (χ1v) is 11.1. The van der Waals surface area contributed by atoms with Gasteiger partial charge >= 0.3 is 5.97 Å². The first-order valence-electron chi connectivity index (χ1n) is 9.20. The van der Waals surface area contributed by atoms with E-state index in [2.05, 4.69) is 4.72 Å². The normalized spacial score (nSPS) is 14.3. The number of esters is 1. The van der Waals surface area contributed by atoms with E-state index in [1.165, 1.54) is 30.3 Å².